The Kier molecular flexibility index (Phi) is 4.70. The number of hydrogen-bond acceptors (Lipinski definition) is 2. The number of fused-ring (bicyclic) bond motifs is 1. The molecule has 25 heavy (non-hydrogen) atoms. The van der Waals surface area contributed by atoms with Crippen LogP contribution in [-0.2, 0) is 9.59 Å². The average molecular weight is 334 g/mol. The van der Waals surface area contributed by atoms with Crippen molar-refractivity contribution >= 4 is 23.6 Å². The minimum atomic E-state index is -0.279. The highest BCUT2D eigenvalue weighted by atomic mass is 16.2. The normalized spacial score (nSPS) is 15.6. The summed E-state index contributed by atoms with van der Waals surface area (Å²) < 4.78 is 0. The molecule has 1 unspecified atom stereocenters. The smallest absolute Gasteiger partial charge is 0.229 e. The van der Waals surface area contributed by atoms with Crippen LogP contribution in [0.1, 0.15) is 36.1 Å². The second-order valence-electron chi connectivity index (χ2n) is 6.38. The Morgan fingerprint density at radius 1 is 1.08 bits per heavy atom. The van der Waals surface area contributed by atoms with E-state index in [9.17, 15) is 9.59 Å². The van der Waals surface area contributed by atoms with Crippen LogP contribution in [0.2, 0.25) is 0 Å². The summed E-state index contributed by atoms with van der Waals surface area (Å²) in [5, 5.41) is 0. The molecule has 4 nitrogen and oxygen atoms in total. The molecule has 2 aromatic rings. The maximum absolute atomic E-state index is 12.8. The quantitative estimate of drug-likeness (QED) is 0.853. The third kappa shape index (κ3) is 3.48. The third-order valence-corrected chi connectivity index (χ3v) is 4.63. The second kappa shape index (κ2) is 6.93. The number of rotatable bonds is 3. The van der Waals surface area contributed by atoms with E-state index in [1.165, 1.54) is 6.92 Å². The van der Waals surface area contributed by atoms with Crippen LogP contribution in [0.4, 0.5) is 5.69 Å². The van der Waals surface area contributed by atoms with E-state index in [1.807, 2.05) is 61.5 Å². The molecule has 1 heterocycles. The summed E-state index contributed by atoms with van der Waals surface area (Å²) in [7, 11) is 1.77. The first-order valence-electron chi connectivity index (χ1n) is 8.36. The molecule has 0 N–H and O–H groups in total. The van der Waals surface area contributed by atoms with E-state index < -0.39 is 0 Å². The van der Waals surface area contributed by atoms with Crippen LogP contribution in [0.3, 0.4) is 0 Å². The van der Waals surface area contributed by atoms with Gasteiger partial charge in [0.15, 0.2) is 0 Å². The van der Waals surface area contributed by atoms with Crippen LogP contribution in [0.15, 0.2) is 54.7 Å². The number of carbonyl (C=O) groups is 2. The van der Waals surface area contributed by atoms with E-state index >= 15 is 0 Å². The van der Waals surface area contributed by atoms with E-state index in [2.05, 4.69) is 0 Å². The van der Waals surface area contributed by atoms with Gasteiger partial charge < -0.3 is 9.80 Å². The van der Waals surface area contributed by atoms with E-state index in [0.717, 1.165) is 22.4 Å². The molecule has 1 aliphatic heterocycles. The SMILES string of the molecule is CC(=O)N1C=Cc2ccccc2C1CC(=O)N(C)c1ccc(C)cc1. The molecule has 4 heteroatoms. The first kappa shape index (κ1) is 17.0. The zero-order chi connectivity index (χ0) is 18.0. The Bertz CT molecular complexity index is 824. The molecule has 0 aromatic heterocycles. The molecule has 2 aromatic carbocycles. The summed E-state index contributed by atoms with van der Waals surface area (Å²) in [6.45, 7) is 3.54. The van der Waals surface area contributed by atoms with Gasteiger partial charge in [-0.1, -0.05) is 42.0 Å². The van der Waals surface area contributed by atoms with E-state index in [0.29, 0.717) is 0 Å². The largest absolute Gasteiger partial charge is 0.315 e. The number of benzene rings is 2. The monoisotopic (exact) mass is 334 g/mol. The van der Waals surface area contributed by atoms with Gasteiger partial charge in [0.05, 0.1) is 12.5 Å². The van der Waals surface area contributed by atoms with Gasteiger partial charge >= 0.3 is 0 Å². The van der Waals surface area contributed by atoms with Gasteiger partial charge in [0.1, 0.15) is 0 Å². The van der Waals surface area contributed by atoms with Crippen LogP contribution < -0.4 is 4.90 Å². The van der Waals surface area contributed by atoms with Gasteiger partial charge in [0.25, 0.3) is 0 Å². The highest BCUT2D eigenvalue weighted by molar-refractivity contribution is 5.94. The molecule has 0 bridgehead atoms. The molecule has 1 atom stereocenters. The molecule has 128 valence electrons. The Hall–Kier alpha value is -2.88. The van der Waals surface area contributed by atoms with Gasteiger partial charge in [-0.05, 0) is 36.3 Å². The van der Waals surface area contributed by atoms with Crippen molar-refractivity contribution in [3.63, 3.8) is 0 Å². The molecule has 0 fully saturated rings. The van der Waals surface area contributed by atoms with Crippen molar-refractivity contribution in [2.24, 2.45) is 0 Å². The van der Waals surface area contributed by atoms with Gasteiger partial charge in [-0.3, -0.25) is 9.59 Å². The highest BCUT2D eigenvalue weighted by Gasteiger charge is 2.29. The summed E-state index contributed by atoms with van der Waals surface area (Å²) in [6, 6.07) is 15.5. The second-order valence-corrected chi connectivity index (χ2v) is 6.38. The first-order valence-corrected chi connectivity index (χ1v) is 8.36. The summed E-state index contributed by atoms with van der Waals surface area (Å²) in [6.07, 6.45) is 3.93. The van der Waals surface area contributed by atoms with Crippen molar-refractivity contribution in [3.05, 3.63) is 71.4 Å². The van der Waals surface area contributed by atoms with E-state index in [-0.39, 0.29) is 24.3 Å². The lowest BCUT2D eigenvalue weighted by atomic mass is 9.93. The number of aryl methyl sites for hydroxylation is 1. The number of nitrogens with zero attached hydrogens (tertiary/aromatic N) is 2. The average Bonchev–Trinajstić information content (AvgIpc) is 2.61. The van der Waals surface area contributed by atoms with Crippen LogP contribution >= 0.6 is 0 Å². The molecule has 2 amide bonds. The fraction of sp³-hybridized carbons (Fsp3) is 0.238. The molecule has 3 rings (SSSR count). The summed E-state index contributed by atoms with van der Waals surface area (Å²) in [4.78, 5) is 28.2. The van der Waals surface area contributed by atoms with Crippen molar-refractivity contribution in [1.82, 2.24) is 4.90 Å². The fourth-order valence-corrected chi connectivity index (χ4v) is 3.13. The Morgan fingerprint density at radius 3 is 2.44 bits per heavy atom. The van der Waals surface area contributed by atoms with Crippen molar-refractivity contribution < 1.29 is 9.59 Å². The van der Waals surface area contributed by atoms with Crippen molar-refractivity contribution in [2.75, 3.05) is 11.9 Å². The summed E-state index contributed by atoms with van der Waals surface area (Å²) in [5.41, 5.74) is 4.06. The number of amides is 2. The lowest BCUT2D eigenvalue weighted by Crippen LogP contribution is -2.36. The van der Waals surface area contributed by atoms with Gasteiger partial charge in [0, 0.05) is 25.9 Å². The molecule has 0 saturated carbocycles. The van der Waals surface area contributed by atoms with Gasteiger partial charge in [-0.25, -0.2) is 0 Å². The van der Waals surface area contributed by atoms with Crippen molar-refractivity contribution in [1.29, 1.82) is 0 Å². The van der Waals surface area contributed by atoms with E-state index in [1.54, 1.807) is 23.0 Å². The fourth-order valence-electron chi connectivity index (χ4n) is 3.13. The minimum absolute atomic E-state index is 0.0230. The zero-order valence-corrected chi connectivity index (χ0v) is 14.8. The molecule has 1 aliphatic rings. The highest BCUT2D eigenvalue weighted by Crippen LogP contribution is 2.33. The van der Waals surface area contributed by atoms with Crippen LogP contribution in [0.25, 0.3) is 6.08 Å². The molecule has 0 radical (unpaired) electrons. The molecular weight excluding hydrogens is 312 g/mol. The molecule has 0 spiro atoms. The van der Waals surface area contributed by atoms with Crippen LogP contribution in [-0.4, -0.2) is 23.8 Å². The topological polar surface area (TPSA) is 40.6 Å². The standard InChI is InChI=1S/C21H22N2O2/c1-15-8-10-18(11-9-15)22(3)21(25)14-20-19-7-5-4-6-17(19)12-13-23(20)16(2)24/h4-13,20H,14H2,1-3H3. The molecule has 0 saturated heterocycles. The predicted octanol–water partition coefficient (Wildman–Crippen LogP) is 3.92. The van der Waals surface area contributed by atoms with Crippen molar-refractivity contribution in [3.8, 4) is 0 Å². The lowest BCUT2D eigenvalue weighted by Gasteiger charge is -2.33. The Morgan fingerprint density at radius 2 is 1.76 bits per heavy atom. The zero-order valence-electron chi connectivity index (χ0n) is 14.8. The maximum atomic E-state index is 12.8. The van der Waals surface area contributed by atoms with E-state index in [4.69, 9.17) is 0 Å². The summed E-state index contributed by atoms with van der Waals surface area (Å²) >= 11 is 0. The van der Waals surface area contributed by atoms with Gasteiger partial charge in [-0.15, -0.1) is 0 Å². The van der Waals surface area contributed by atoms with Gasteiger partial charge in [-0.2, -0.15) is 0 Å². The lowest BCUT2D eigenvalue weighted by molar-refractivity contribution is -0.129. The molecule has 0 aliphatic carbocycles. The Labute approximate surface area is 148 Å². The molecular formula is C21H22N2O2. The third-order valence-electron chi connectivity index (χ3n) is 4.63. The minimum Gasteiger partial charge on any atom is -0.315 e. The first-order chi connectivity index (χ1) is 12.0. The predicted molar refractivity (Wildman–Crippen MR) is 99.9 cm³/mol. The van der Waals surface area contributed by atoms with Crippen molar-refractivity contribution in [2.45, 2.75) is 26.3 Å². The van der Waals surface area contributed by atoms with Gasteiger partial charge in [0.2, 0.25) is 11.8 Å². The number of hydrogen-bond donors (Lipinski definition) is 0. The maximum Gasteiger partial charge on any atom is 0.229 e. The number of anilines is 1. The van der Waals surface area contributed by atoms with Crippen LogP contribution in [0.5, 0.6) is 0 Å². The van der Waals surface area contributed by atoms with Crippen LogP contribution in [0, 0.1) is 6.92 Å². The summed E-state index contributed by atoms with van der Waals surface area (Å²) in [5.74, 6) is -0.0910. The number of carbonyl (C=O) groups excluding carboxylic acids is 2. The Balaban J connectivity index is 1.86.